The molecule has 130 valence electrons. The number of carbonyl (C=O) groups is 1. The van der Waals surface area contributed by atoms with Crippen molar-refractivity contribution in [3.8, 4) is 0 Å². The Balaban J connectivity index is 2.47. The lowest BCUT2D eigenvalue weighted by molar-refractivity contribution is -0.127. The Labute approximate surface area is 140 Å². The molecule has 0 aromatic carbocycles. The summed E-state index contributed by atoms with van der Waals surface area (Å²) in [6.45, 7) is 9.88. The first-order chi connectivity index (χ1) is 10.5. The maximum absolute atomic E-state index is 12.7. The summed E-state index contributed by atoms with van der Waals surface area (Å²) in [6.07, 6.45) is 10.1. The van der Waals surface area contributed by atoms with E-state index < -0.39 is 11.2 Å². The van der Waals surface area contributed by atoms with Crippen LogP contribution >= 0.6 is 0 Å². The normalized spacial score (nSPS) is 45.1. The van der Waals surface area contributed by atoms with Crippen molar-refractivity contribution in [2.75, 3.05) is 0 Å². The van der Waals surface area contributed by atoms with Gasteiger partial charge < -0.3 is 10.2 Å². The van der Waals surface area contributed by atoms with Gasteiger partial charge in [0.2, 0.25) is 0 Å². The minimum absolute atomic E-state index is 0.104. The van der Waals surface area contributed by atoms with Gasteiger partial charge in [-0.25, -0.2) is 0 Å². The molecule has 5 unspecified atom stereocenters. The molecule has 1 fully saturated rings. The summed E-state index contributed by atoms with van der Waals surface area (Å²) in [4.78, 5) is 12.7. The molecule has 0 radical (unpaired) electrons. The number of Topliss-reactive ketones (excluding diaryl/α,β-unsaturated/α-hetero) is 1. The molecule has 2 aliphatic rings. The molecule has 0 spiro atoms. The largest absolute Gasteiger partial charge is 0.389 e. The van der Waals surface area contributed by atoms with Crippen LogP contribution in [0.15, 0.2) is 24.3 Å². The van der Waals surface area contributed by atoms with Gasteiger partial charge in [-0.2, -0.15) is 0 Å². The van der Waals surface area contributed by atoms with E-state index in [0.29, 0.717) is 19.3 Å². The predicted molar refractivity (Wildman–Crippen MR) is 92.9 cm³/mol. The second kappa shape index (κ2) is 6.18. The number of allylic oxidation sites excluding steroid dienone is 2. The van der Waals surface area contributed by atoms with Gasteiger partial charge in [-0.05, 0) is 37.5 Å². The smallest absolute Gasteiger partial charge is 0.139 e. The van der Waals surface area contributed by atoms with Gasteiger partial charge >= 0.3 is 0 Å². The number of aliphatic hydroxyl groups is 2. The van der Waals surface area contributed by atoms with Gasteiger partial charge in [0.05, 0.1) is 11.2 Å². The van der Waals surface area contributed by atoms with Crippen LogP contribution < -0.4 is 0 Å². The first-order valence-corrected chi connectivity index (χ1v) is 8.85. The fraction of sp³-hybridized carbons (Fsp3) is 0.750. The zero-order chi connectivity index (χ0) is 17.5. The molecule has 3 heteroatoms. The van der Waals surface area contributed by atoms with E-state index in [-0.39, 0.29) is 29.0 Å². The Bertz CT molecular complexity index is 517. The molecule has 0 aromatic rings. The number of hydrogen-bond donors (Lipinski definition) is 2. The lowest BCUT2D eigenvalue weighted by Gasteiger charge is -2.40. The molecular weight excluding hydrogens is 288 g/mol. The average molecular weight is 320 g/mol. The van der Waals surface area contributed by atoms with Crippen molar-refractivity contribution in [3.05, 3.63) is 24.3 Å². The van der Waals surface area contributed by atoms with Gasteiger partial charge in [0, 0.05) is 18.3 Å². The Hall–Kier alpha value is -0.930. The molecular formula is C20H32O3. The van der Waals surface area contributed by atoms with Crippen LogP contribution in [0.5, 0.6) is 0 Å². The molecule has 0 bridgehead atoms. The van der Waals surface area contributed by atoms with Crippen LogP contribution in [0, 0.1) is 23.2 Å². The summed E-state index contributed by atoms with van der Waals surface area (Å²) in [5, 5.41) is 21.8. The molecule has 0 saturated heterocycles. The van der Waals surface area contributed by atoms with Crippen LogP contribution in [0.3, 0.4) is 0 Å². The summed E-state index contributed by atoms with van der Waals surface area (Å²) in [5.41, 5.74) is -2.00. The van der Waals surface area contributed by atoms with E-state index in [2.05, 4.69) is 13.0 Å². The van der Waals surface area contributed by atoms with Crippen molar-refractivity contribution in [1.82, 2.24) is 0 Å². The van der Waals surface area contributed by atoms with E-state index in [4.69, 9.17) is 0 Å². The maximum Gasteiger partial charge on any atom is 0.139 e. The molecule has 0 aromatic heterocycles. The fourth-order valence-electron chi connectivity index (χ4n) is 4.13. The Morgan fingerprint density at radius 1 is 1.17 bits per heavy atom. The molecule has 23 heavy (non-hydrogen) atoms. The Morgan fingerprint density at radius 3 is 2.43 bits per heavy atom. The fourth-order valence-corrected chi connectivity index (χ4v) is 4.13. The monoisotopic (exact) mass is 320 g/mol. The summed E-state index contributed by atoms with van der Waals surface area (Å²) in [5.74, 6) is -0.00549. The van der Waals surface area contributed by atoms with Crippen molar-refractivity contribution < 1.29 is 15.0 Å². The van der Waals surface area contributed by atoms with Gasteiger partial charge in [0.1, 0.15) is 5.78 Å². The SMILES string of the molecule is CC1C=CCC(C)(O)C=CC2(C)CCC(O)(C(C)C)C2CC1=O. The highest BCUT2D eigenvalue weighted by Gasteiger charge is 2.54. The molecule has 2 aliphatic carbocycles. The minimum atomic E-state index is -0.921. The Morgan fingerprint density at radius 2 is 1.83 bits per heavy atom. The molecule has 1 saturated carbocycles. The Kier molecular flexibility index (Phi) is 4.94. The molecule has 0 aliphatic heterocycles. The molecule has 2 N–H and O–H groups in total. The molecule has 3 nitrogen and oxygen atoms in total. The van der Waals surface area contributed by atoms with Crippen molar-refractivity contribution in [3.63, 3.8) is 0 Å². The standard InChI is InChI=1S/C20H32O3/c1-14(2)20(23)12-10-18(4)9-11-19(5,22)8-6-7-15(3)16(21)13-17(18)20/h6-7,9,11,14-15,17,22-23H,8,10,12-13H2,1-5H3. The van der Waals surface area contributed by atoms with Gasteiger partial charge in [-0.3, -0.25) is 4.79 Å². The second-order valence-corrected chi connectivity index (χ2v) is 8.49. The van der Waals surface area contributed by atoms with Crippen LogP contribution in [0.1, 0.15) is 60.3 Å². The average Bonchev–Trinajstić information content (AvgIpc) is 2.71. The topological polar surface area (TPSA) is 57.5 Å². The van der Waals surface area contributed by atoms with Gasteiger partial charge in [0.25, 0.3) is 0 Å². The first-order valence-electron chi connectivity index (χ1n) is 8.85. The summed E-state index contributed by atoms with van der Waals surface area (Å²) in [6, 6.07) is 0. The number of hydrogen-bond acceptors (Lipinski definition) is 3. The molecule has 0 heterocycles. The predicted octanol–water partition coefficient (Wildman–Crippen LogP) is 3.65. The number of ketones is 1. The van der Waals surface area contributed by atoms with Crippen LogP contribution in [-0.4, -0.2) is 27.2 Å². The zero-order valence-corrected chi connectivity index (χ0v) is 15.2. The van der Waals surface area contributed by atoms with E-state index in [1.165, 1.54) is 0 Å². The van der Waals surface area contributed by atoms with E-state index >= 15 is 0 Å². The van der Waals surface area contributed by atoms with Crippen LogP contribution in [0.4, 0.5) is 0 Å². The maximum atomic E-state index is 12.7. The number of rotatable bonds is 1. The third-order valence-electron chi connectivity index (χ3n) is 6.16. The highest BCUT2D eigenvalue weighted by Crippen LogP contribution is 2.55. The van der Waals surface area contributed by atoms with Crippen LogP contribution in [0.25, 0.3) is 0 Å². The molecule has 2 rings (SSSR count). The lowest BCUT2D eigenvalue weighted by Crippen LogP contribution is -2.44. The van der Waals surface area contributed by atoms with Gasteiger partial charge in [-0.1, -0.05) is 52.0 Å². The van der Waals surface area contributed by atoms with Gasteiger partial charge in [-0.15, -0.1) is 0 Å². The van der Waals surface area contributed by atoms with E-state index in [0.717, 1.165) is 6.42 Å². The summed E-state index contributed by atoms with van der Waals surface area (Å²) < 4.78 is 0. The first kappa shape index (κ1) is 18.4. The third-order valence-corrected chi connectivity index (χ3v) is 6.16. The molecule has 0 amide bonds. The zero-order valence-electron chi connectivity index (χ0n) is 15.2. The number of carbonyl (C=O) groups excluding carboxylic acids is 1. The highest BCUT2D eigenvalue weighted by molar-refractivity contribution is 5.82. The van der Waals surface area contributed by atoms with Crippen molar-refractivity contribution in [2.45, 2.75) is 71.5 Å². The summed E-state index contributed by atoms with van der Waals surface area (Å²) in [7, 11) is 0. The van der Waals surface area contributed by atoms with Gasteiger partial charge in [0.15, 0.2) is 0 Å². The van der Waals surface area contributed by atoms with E-state index in [1.807, 2.05) is 39.0 Å². The van der Waals surface area contributed by atoms with Crippen LogP contribution in [0.2, 0.25) is 0 Å². The second-order valence-electron chi connectivity index (χ2n) is 8.49. The summed E-state index contributed by atoms with van der Waals surface area (Å²) >= 11 is 0. The lowest BCUT2D eigenvalue weighted by atomic mass is 9.68. The van der Waals surface area contributed by atoms with Crippen molar-refractivity contribution in [2.24, 2.45) is 23.2 Å². The number of fused-ring (bicyclic) bond motifs is 1. The van der Waals surface area contributed by atoms with Crippen LogP contribution in [-0.2, 0) is 4.79 Å². The van der Waals surface area contributed by atoms with Crippen molar-refractivity contribution >= 4 is 5.78 Å². The van der Waals surface area contributed by atoms with Crippen molar-refractivity contribution in [1.29, 1.82) is 0 Å². The van der Waals surface area contributed by atoms with E-state index in [1.54, 1.807) is 6.92 Å². The highest BCUT2D eigenvalue weighted by atomic mass is 16.3. The quantitative estimate of drug-likeness (QED) is 0.725. The van der Waals surface area contributed by atoms with E-state index in [9.17, 15) is 15.0 Å². The molecule has 5 atom stereocenters. The minimum Gasteiger partial charge on any atom is -0.389 e. The third kappa shape index (κ3) is 3.61.